The average Bonchev–Trinajstić information content (AvgIpc) is 2.45. The molecular weight excluding hydrogens is 292 g/mol. The maximum Gasteiger partial charge on any atom is 0.307 e. The molecule has 21 heavy (non-hydrogen) atoms. The van der Waals surface area contributed by atoms with Gasteiger partial charge < -0.3 is 14.6 Å². The summed E-state index contributed by atoms with van der Waals surface area (Å²) in [7, 11) is 3.08. The third-order valence-corrected chi connectivity index (χ3v) is 4.25. The zero-order valence-corrected chi connectivity index (χ0v) is 13.4. The van der Waals surface area contributed by atoms with Crippen LogP contribution in [0.2, 0.25) is 0 Å². The normalized spacial score (nSPS) is 13.3. The van der Waals surface area contributed by atoms with E-state index in [1.165, 1.54) is 14.0 Å². The van der Waals surface area contributed by atoms with E-state index in [1.807, 2.05) is 13.0 Å². The highest BCUT2D eigenvalue weighted by Gasteiger charge is 2.27. The summed E-state index contributed by atoms with van der Waals surface area (Å²) in [6.45, 7) is 3.27. The second-order valence-corrected chi connectivity index (χ2v) is 5.85. The van der Waals surface area contributed by atoms with E-state index in [-0.39, 0.29) is 16.8 Å². The van der Waals surface area contributed by atoms with Crippen LogP contribution in [0.4, 0.5) is 0 Å². The zero-order chi connectivity index (χ0) is 16.0. The number of thioether (sulfide) groups is 1. The molecule has 0 radical (unpaired) electrons. The molecular formula is C15H20O5S. The van der Waals surface area contributed by atoms with E-state index in [0.717, 1.165) is 17.3 Å². The minimum absolute atomic E-state index is 0.0826. The van der Waals surface area contributed by atoms with Crippen LogP contribution >= 0.6 is 11.8 Å². The highest BCUT2D eigenvalue weighted by molar-refractivity contribution is 8.13. The van der Waals surface area contributed by atoms with Crippen molar-refractivity contribution in [3.8, 4) is 11.5 Å². The van der Waals surface area contributed by atoms with Gasteiger partial charge in [0.25, 0.3) is 0 Å². The van der Waals surface area contributed by atoms with Gasteiger partial charge in [0, 0.05) is 12.7 Å². The Morgan fingerprint density at radius 3 is 2.33 bits per heavy atom. The average molecular weight is 312 g/mol. The number of hydrogen-bond acceptors (Lipinski definition) is 5. The molecule has 116 valence electrons. The second kappa shape index (κ2) is 7.93. The minimum atomic E-state index is -0.911. The number of carbonyl (C=O) groups excluding carboxylic acids is 1. The minimum Gasteiger partial charge on any atom is -0.493 e. The maximum absolute atomic E-state index is 11.4. The Morgan fingerprint density at radius 2 is 1.86 bits per heavy atom. The van der Waals surface area contributed by atoms with Crippen molar-refractivity contribution in [2.24, 2.45) is 5.92 Å². The van der Waals surface area contributed by atoms with Crippen molar-refractivity contribution in [1.82, 2.24) is 0 Å². The molecule has 0 fully saturated rings. The van der Waals surface area contributed by atoms with E-state index >= 15 is 0 Å². The summed E-state index contributed by atoms with van der Waals surface area (Å²) < 4.78 is 10.4. The van der Waals surface area contributed by atoms with Crippen LogP contribution in [-0.2, 0) is 9.59 Å². The third-order valence-electron chi connectivity index (χ3n) is 3.32. The van der Waals surface area contributed by atoms with Gasteiger partial charge in [-0.25, -0.2) is 0 Å². The number of hydrogen-bond donors (Lipinski definition) is 1. The quantitative estimate of drug-likeness (QED) is 0.834. The fourth-order valence-corrected chi connectivity index (χ4v) is 2.85. The Hall–Kier alpha value is -1.69. The van der Waals surface area contributed by atoms with Gasteiger partial charge in [0.2, 0.25) is 0 Å². The van der Waals surface area contributed by atoms with Gasteiger partial charge in [-0.05, 0) is 23.6 Å². The Balaban J connectivity index is 3.00. The molecule has 2 unspecified atom stereocenters. The Labute approximate surface area is 128 Å². The van der Waals surface area contributed by atoms with Crippen molar-refractivity contribution in [2.45, 2.75) is 19.8 Å². The molecule has 0 saturated heterocycles. The number of ether oxygens (including phenoxy) is 2. The van der Waals surface area contributed by atoms with Crippen LogP contribution in [0.25, 0.3) is 0 Å². The fraction of sp³-hybridized carbons (Fsp3) is 0.467. The molecule has 0 aromatic heterocycles. The topological polar surface area (TPSA) is 72.8 Å². The van der Waals surface area contributed by atoms with Crippen molar-refractivity contribution >= 4 is 22.8 Å². The van der Waals surface area contributed by atoms with Crippen molar-refractivity contribution < 1.29 is 24.2 Å². The summed E-state index contributed by atoms with van der Waals surface area (Å²) in [5.74, 6) is -0.388. The first-order valence-corrected chi connectivity index (χ1v) is 7.47. The molecule has 1 rings (SSSR count). The molecule has 0 amide bonds. The van der Waals surface area contributed by atoms with Gasteiger partial charge in [0.15, 0.2) is 16.6 Å². The van der Waals surface area contributed by atoms with Crippen LogP contribution in [0.5, 0.6) is 11.5 Å². The van der Waals surface area contributed by atoms with Gasteiger partial charge in [-0.3, -0.25) is 9.59 Å². The van der Waals surface area contributed by atoms with Crippen molar-refractivity contribution in [3.05, 3.63) is 23.8 Å². The lowest BCUT2D eigenvalue weighted by Gasteiger charge is -2.21. The van der Waals surface area contributed by atoms with E-state index in [9.17, 15) is 14.7 Å². The highest BCUT2D eigenvalue weighted by atomic mass is 32.2. The van der Waals surface area contributed by atoms with Crippen molar-refractivity contribution in [1.29, 1.82) is 0 Å². The van der Waals surface area contributed by atoms with E-state index in [0.29, 0.717) is 11.5 Å². The molecule has 0 aliphatic carbocycles. The van der Waals surface area contributed by atoms with E-state index in [4.69, 9.17) is 9.47 Å². The molecule has 0 heterocycles. The number of methoxy groups -OCH3 is 2. The molecule has 0 saturated carbocycles. The van der Waals surface area contributed by atoms with E-state index < -0.39 is 11.9 Å². The SMILES string of the molecule is COc1ccc(C(C)C(CSC(C)=O)C(=O)O)cc1OC. The molecule has 0 aliphatic heterocycles. The van der Waals surface area contributed by atoms with Gasteiger partial charge in [0.1, 0.15) is 0 Å². The number of rotatable bonds is 7. The lowest BCUT2D eigenvalue weighted by molar-refractivity contribution is -0.141. The van der Waals surface area contributed by atoms with Crippen LogP contribution in [0.1, 0.15) is 25.3 Å². The molecule has 1 N–H and O–H groups in total. The molecule has 1 aromatic carbocycles. The largest absolute Gasteiger partial charge is 0.493 e. The number of carboxylic acid groups (broad SMARTS) is 1. The number of benzene rings is 1. The third kappa shape index (κ3) is 4.67. The first-order chi connectivity index (χ1) is 9.90. The monoisotopic (exact) mass is 312 g/mol. The molecule has 6 heteroatoms. The van der Waals surface area contributed by atoms with Gasteiger partial charge >= 0.3 is 5.97 Å². The lowest BCUT2D eigenvalue weighted by Crippen LogP contribution is -2.23. The van der Waals surface area contributed by atoms with Crippen LogP contribution in [0, 0.1) is 5.92 Å². The van der Waals surface area contributed by atoms with Gasteiger partial charge in [0.05, 0.1) is 20.1 Å². The van der Waals surface area contributed by atoms with Crippen molar-refractivity contribution in [3.63, 3.8) is 0 Å². The Kier molecular flexibility index (Phi) is 6.55. The Morgan fingerprint density at radius 1 is 1.24 bits per heavy atom. The molecule has 1 aromatic rings. The Bertz CT molecular complexity index is 515. The summed E-state index contributed by atoms with van der Waals surface area (Å²) >= 11 is 1.03. The fourth-order valence-electron chi connectivity index (χ4n) is 2.00. The maximum atomic E-state index is 11.4. The zero-order valence-electron chi connectivity index (χ0n) is 12.6. The predicted molar refractivity (Wildman–Crippen MR) is 82.2 cm³/mol. The molecule has 0 bridgehead atoms. The first kappa shape index (κ1) is 17.4. The summed E-state index contributed by atoms with van der Waals surface area (Å²) in [5.41, 5.74) is 0.837. The standard InChI is InChI=1S/C15H20O5S/c1-9(12(15(17)18)8-21-10(2)16)11-5-6-13(19-3)14(7-11)20-4/h5-7,9,12H,8H2,1-4H3,(H,17,18). The van der Waals surface area contributed by atoms with Gasteiger partial charge in [-0.1, -0.05) is 24.8 Å². The highest BCUT2D eigenvalue weighted by Crippen LogP contribution is 2.34. The van der Waals surface area contributed by atoms with Crippen LogP contribution < -0.4 is 9.47 Å². The van der Waals surface area contributed by atoms with E-state index in [2.05, 4.69) is 0 Å². The van der Waals surface area contributed by atoms with Gasteiger partial charge in [-0.2, -0.15) is 0 Å². The summed E-state index contributed by atoms with van der Waals surface area (Å²) in [5, 5.41) is 9.28. The molecule has 5 nitrogen and oxygen atoms in total. The van der Waals surface area contributed by atoms with Crippen LogP contribution in [0.15, 0.2) is 18.2 Å². The molecule has 2 atom stereocenters. The predicted octanol–water partition coefficient (Wildman–Crippen LogP) is 2.79. The first-order valence-electron chi connectivity index (χ1n) is 6.48. The second-order valence-electron chi connectivity index (χ2n) is 4.65. The van der Waals surface area contributed by atoms with Gasteiger partial charge in [-0.15, -0.1) is 0 Å². The van der Waals surface area contributed by atoms with Crippen molar-refractivity contribution in [2.75, 3.05) is 20.0 Å². The summed E-state index contributed by atoms with van der Waals surface area (Å²) in [6, 6.07) is 5.35. The summed E-state index contributed by atoms with van der Waals surface area (Å²) in [6.07, 6.45) is 0. The number of aliphatic carboxylic acids is 1. The molecule has 0 aliphatic rings. The molecule has 0 spiro atoms. The number of carboxylic acids is 1. The van der Waals surface area contributed by atoms with E-state index in [1.54, 1.807) is 19.2 Å². The van der Waals surface area contributed by atoms with Crippen LogP contribution in [0.3, 0.4) is 0 Å². The lowest BCUT2D eigenvalue weighted by atomic mass is 9.88. The smallest absolute Gasteiger partial charge is 0.307 e. The summed E-state index contributed by atoms with van der Waals surface area (Å²) in [4.78, 5) is 22.5. The number of carbonyl (C=O) groups is 2. The van der Waals surface area contributed by atoms with Crippen LogP contribution in [-0.4, -0.2) is 36.2 Å².